The summed E-state index contributed by atoms with van der Waals surface area (Å²) in [6.07, 6.45) is 0. The van der Waals surface area contributed by atoms with Gasteiger partial charge in [-0.25, -0.2) is 0 Å². The Morgan fingerprint density at radius 1 is 1.28 bits per heavy atom. The Morgan fingerprint density at radius 3 is 2.39 bits per heavy atom. The number of ether oxygens (including phenoxy) is 2. The molecule has 0 aliphatic rings. The number of halogens is 1. The van der Waals surface area contributed by atoms with E-state index >= 15 is 0 Å². The summed E-state index contributed by atoms with van der Waals surface area (Å²) in [4.78, 5) is 23.0. The number of ketones is 1. The lowest BCUT2D eigenvalue weighted by molar-refractivity contribution is -0.114. The molecule has 1 rings (SSSR count). The van der Waals surface area contributed by atoms with Gasteiger partial charge in [0.15, 0.2) is 0 Å². The van der Waals surface area contributed by atoms with Crippen LogP contribution < -0.4 is 5.32 Å². The minimum atomic E-state index is -1.85. The van der Waals surface area contributed by atoms with Crippen LogP contribution in [0, 0.1) is 0 Å². The molecule has 0 heterocycles. The van der Waals surface area contributed by atoms with Gasteiger partial charge in [0.25, 0.3) is 0 Å². The Labute approximate surface area is 110 Å². The van der Waals surface area contributed by atoms with E-state index in [-0.39, 0.29) is 11.5 Å². The topological polar surface area (TPSA) is 64.6 Å². The zero-order valence-electron chi connectivity index (χ0n) is 10.3. The maximum absolute atomic E-state index is 12.1. The average Bonchev–Trinajstić information content (AvgIpc) is 2.36. The van der Waals surface area contributed by atoms with Crippen LogP contribution in [0.25, 0.3) is 0 Å². The molecule has 1 N–H and O–H groups in total. The lowest BCUT2D eigenvalue weighted by atomic mass is 10.1. The van der Waals surface area contributed by atoms with E-state index in [1.54, 1.807) is 18.2 Å². The molecule has 1 amide bonds. The molecule has 0 bridgehead atoms. The Hall–Kier alpha value is -1.43. The van der Waals surface area contributed by atoms with Crippen LogP contribution in [0.1, 0.15) is 17.3 Å². The van der Waals surface area contributed by atoms with Crippen molar-refractivity contribution in [3.05, 3.63) is 29.8 Å². The third-order valence-electron chi connectivity index (χ3n) is 2.24. The van der Waals surface area contributed by atoms with Crippen LogP contribution in [0.15, 0.2) is 24.3 Å². The van der Waals surface area contributed by atoms with E-state index in [9.17, 15) is 9.59 Å². The van der Waals surface area contributed by atoms with Gasteiger partial charge in [0, 0.05) is 32.4 Å². The van der Waals surface area contributed by atoms with Crippen LogP contribution in [0.2, 0.25) is 0 Å². The van der Waals surface area contributed by atoms with Crippen molar-refractivity contribution < 1.29 is 19.1 Å². The fourth-order valence-corrected chi connectivity index (χ4v) is 1.49. The molecule has 0 aliphatic carbocycles. The summed E-state index contributed by atoms with van der Waals surface area (Å²) in [7, 11) is 2.54. The van der Waals surface area contributed by atoms with Crippen molar-refractivity contribution in [2.45, 2.75) is 12.2 Å². The summed E-state index contributed by atoms with van der Waals surface area (Å²) in [6, 6.07) is 6.34. The number of benzene rings is 1. The van der Waals surface area contributed by atoms with Gasteiger partial charge in [0.05, 0.1) is 0 Å². The molecule has 0 radical (unpaired) electrons. The summed E-state index contributed by atoms with van der Waals surface area (Å²) >= 11 is 5.87. The highest BCUT2D eigenvalue weighted by Gasteiger charge is 2.37. The number of amides is 1. The van der Waals surface area contributed by atoms with Gasteiger partial charge < -0.3 is 14.8 Å². The number of hydrogen-bond acceptors (Lipinski definition) is 4. The van der Waals surface area contributed by atoms with Gasteiger partial charge in [0.2, 0.25) is 11.7 Å². The van der Waals surface area contributed by atoms with Gasteiger partial charge in [-0.1, -0.05) is 12.1 Å². The standard InChI is InChI=1S/C12H14ClNO4/c1-8(15)14-10-6-4-5-9(7-10)11(16)12(13,17-2)18-3/h4-7H,1-3H3,(H,14,15). The van der Waals surface area contributed by atoms with Gasteiger partial charge in [-0.2, -0.15) is 0 Å². The second-order valence-corrected chi connectivity index (χ2v) is 4.03. The van der Waals surface area contributed by atoms with Crippen molar-refractivity contribution in [2.75, 3.05) is 19.5 Å². The Bertz CT molecular complexity index is 457. The van der Waals surface area contributed by atoms with Gasteiger partial charge in [-0.15, -0.1) is 0 Å². The van der Waals surface area contributed by atoms with E-state index in [0.717, 1.165) is 0 Å². The molecule has 1 aromatic carbocycles. The maximum Gasteiger partial charge on any atom is 0.314 e. The van der Waals surface area contributed by atoms with E-state index in [4.69, 9.17) is 21.1 Å². The van der Waals surface area contributed by atoms with Crippen LogP contribution in [0.4, 0.5) is 5.69 Å². The lowest BCUT2D eigenvalue weighted by Crippen LogP contribution is -2.36. The number of carbonyl (C=O) groups is 2. The minimum absolute atomic E-state index is 0.227. The number of alkyl halides is 1. The monoisotopic (exact) mass is 271 g/mol. The second kappa shape index (κ2) is 5.95. The fraction of sp³-hybridized carbons (Fsp3) is 0.333. The molecule has 0 atom stereocenters. The first-order valence-electron chi connectivity index (χ1n) is 5.14. The molecule has 0 saturated carbocycles. The van der Waals surface area contributed by atoms with E-state index in [1.807, 2.05) is 0 Å². The summed E-state index contributed by atoms with van der Waals surface area (Å²) < 4.78 is 9.66. The number of Topliss-reactive ketones (excluding diaryl/α,β-unsaturated/α-hetero) is 1. The van der Waals surface area contributed by atoms with Crippen molar-refractivity contribution in [1.29, 1.82) is 0 Å². The molecule has 0 saturated heterocycles. The highest BCUT2D eigenvalue weighted by Crippen LogP contribution is 2.24. The number of rotatable bonds is 5. The number of hydrogen-bond donors (Lipinski definition) is 1. The molecule has 1 aromatic rings. The minimum Gasteiger partial charge on any atom is -0.334 e. The van der Waals surface area contributed by atoms with Crippen LogP contribution in [0.3, 0.4) is 0 Å². The largest absolute Gasteiger partial charge is 0.334 e. The highest BCUT2D eigenvalue weighted by atomic mass is 35.5. The lowest BCUT2D eigenvalue weighted by Gasteiger charge is -2.21. The van der Waals surface area contributed by atoms with E-state index in [0.29, 0.717) is 5.69 Å². The molecular formula is C12H14ClNO4. The Balaban J connectivity index is 3.03. The van der Waals surface area contributed by atoms with E-state index in [1.165, 1.54) is 27.2 Å². The molecule has 18 heavy (non-hydrogen) atoms. The van der Waals surface area contributed by atoms with E-state index in [2.05, 4.69) is 5.32 Å². The first kappa shape index (κ1) is 14.6. The summed E-state index contributed by atoms with van der Waals surface area (Å²) in [5.74, 6) is -0.767. The number of methoxy groups -OCH3 is 2. The molecule has 0 unspecified atom stereocenters. The molecule has 0 spiro atoms. The number of carbonyl (C=O) groups excluding carboxylic acids is 2. The SMILES string of the molecule is COC(Cl)(OC)C(=O)c1cccc(NC(C)=O)c1. The fourth-order valence-electron chi connectivity index (χ4n) is 1.38. The Kier molecular flexibility index (Phi) is 4.84. The highest BCUT2D eigenvalue weighted by molar-refractivity contribution is 6.35. The van der Waals surface area contributed by atoms with Gasteiger partial charge >= 0.3 is 5.25 Å². The predicted octanol–water partition coefficient (Wildman–Crippen LogP) is 2.01. The normalized spacial score (nSPS) is 11.1. The van der Waals surface area contributed by atoms with Gasteiger partial charge in [-0.3, -0.25) is 9.59 Å². The van der Waals surface area contributed by atoms with Gasteiger partial charge in [-0.05, 0) is 23.7 Å². The molecule has 0 aromatic heterocycles. The van der Waals surface area contributed by atoms with Crippen molar-refractivity contribution in [1.82, 2.24) is 0 Å². The van der Waals surface area contributed by atoms with Gasteiger partial charge in [0.1, 0.15) is 0 Å². The van der Waals surface area contributed by atoms with Crippen molar-refractivity contribution in [3.63, 3.8) is 0 Å². The van der Waals surface area contributed by atoms with Crippen molar-refractivity contribution in [2.24, 2.45) is 0 Å². The Morgan fingerprint density at radius 2 is 1.89 bits per heavy atom. The molecule has 6 heteroatoms. The zero-order chi connectivity index (χ0) is 13.8. The number of nitrogens with one attached hydrogen (secondary N) is 1. The average molecular weight is 272 g/mol. The molecule has 0 aliphatic heterocycles. The third-order valence-corrected chi connectivity index (χ3v) is 2.72. The number of anilines is 1. The van der Waals surface area contributed by atoms with Crippen molar-refractivity contribution >= 4 is 29.0 Å². The predicted molar refractivity (Wildman–Crippen MR) is 67.7 cm³/mol. The van der Waals surface area contributed by atoms with Crippen LogP contribution in [-0.4, -0.2) is 31.2 Å². The smallest absolute Gasteiger partial charge is 0.314 e. The third kappa shape index (κ3) is 3.29. The van der Waals surface area contributed by atoms with Crippen LogP contribution in [0.5, 0.6) is 0 Å². The van der Waals surface area contributed by atoms with Crippen LogP contribution in [-0.2, 0) is 14.3 Å². The molecule has 5 nitrogen and oxygen atoms in total. The first-order valence-corrected chi connectivity index (χ1v) is 5.52. The molecular weight excluding hydrogens is 258 g/mol. The summed E-state index contributed by atoms with van der Waals surface area (Å²) in [5.41, 5.74) is 0.777. The quantitative estimate of drug-likeness (QED) is 0.505. The second-order valence-electron chi connectivity index (χ2n) is 3.54. The summed E-state index contributed by atoms with van der Waals surface area (Å²) in [5, 5.41) is 0.719. The maximum atomic E-state index is 12.1. The first-order chi connectivity index (χ1) is 8.42. The van der Waals surface area contributed by atoms with Crippen molar-refractivity contribution in [3.8, 4) is 0 Å². The zero-order valence-corrected chi connectivity index (χ0v) is 11.1. The molecule has 98 valence electrons. The van der Waals surface area contributed by atoms with Crippen LogP contribution >= 0.6 is 11.6 Å². The molecule has 0 fully saturated rings. The summed E-state index contributed by atoms with van der Waals surface area (Å²) in [6.45, 7) is 1.38. The van der Waals surface area contributed by atoms with E-state index < -0.39 is 11.0 Å².